The molecule has 7 heteroatoms. The van der Waals surface area contributed by atoms with Crippen molar-refractivity contribution in [1.82, 2.24) is 4.57 Å². The summed E-state index contributed by atoms with van der Waals surface area (Å²) in [6.45, 7) is 0.529. The van der Waals surface area contributed by atoms with Gasteiger partial charge in [-0.15, -0.1) is 0 Å². The van der Waals surface area contributed by atoms with Crippen LogP contribution in [0.3, 0.4) is 0 Å². The Hall–Kier alpha value is -3.48. The molecule has 0 unspecified atom stereocenters. The maximum atomic E-state index is 13.1. The zero-order chi connectivity index (χ0) is 21.6. The Morgan fingerprint density at radius 2 is 1.70 bits per heavy atom. The first-order valence-electron chi connectivity index (χ1n) is 9.96. The van der Waals surface area contributed by atoms with Gasteiger partial charge in [-0.3, -0.25) is 9.59 Å². The van der Waals surface area contributed by atoms with Crippen LogP contribution in [0.15, 0.2) is 41.2 Å². The monoisotopic (exact) mass is 406 g/mol. The first-order valence-corrected chi connectivity index (χ1v) is 9.96. The van der Waals surface area contributed by atoms with Gasteiger partial charge in [-0.25, -0.2) is 0 Å². The van der Waals surface area contributed by atoms with Crippen LogP contribution in [0, 0.1) is 0 Å². The topological polar surface area (TPSA) is 77.8 Å². The van der Waals surface area contributed by atoms with Crippen molar-refractivity contribution in [2.24, 2.45) is 0 Å². The number of rotatable bonds is 4. The molecule has 2 N–H and O–H groups in total. The van der Waals surface area contributed by atoms with Crippen LogP contribution in [0.25, 0.3) is 10.9 Å². The summed E-state index contributed by atoms with van der Waals surface area (Å²) >= 11 is 0. The number of aromatic nitrogens is 1. The largest absolute Gasteiger partial charge is 0.506 e. The lowest BCUT2D eigenvalue weighted by Crippen LogP contribution is -2.32. The Labute approximate surface area is 175 Å². The first-order chi connectivity index (χ1) is 14.3. The average molecular weight is 406 g/mol. The minimum absolute atomic E-state index is 0.219. The van der Waals surface area contributed by atoms with Crippen LogP contribution < -0.4 is 20.7 Å². The molecule has 0 atom stereocenters. The van der Waals surface area contributed by atoms with Crippen molar-refractivity contribution in [3.8, 4) is 5.75 Å². The summed E-state index contributed by atoms with van der Waals surface area (Å²) in [4.78, 5) is 30.0. The number of anilines is 3. The number of aryl methyl sites for hydroxylation is 2. The van der Waals surface area contributed by atoms with E-state index in [-0.39, 0.29) is 11.3 Å². The van der Waals surface area contributed by atoms with E-state index >= 15 is 0 Å². The number of amides is 1. The number of hydrogen-bond donors (Lipinski definition) is 2. The number of carbonyl (C=O) groups excluding carboxylic acids is 1. The first kappa shape index (κ1) is 19.8. The number of nitrogens with zero attached hydrogens (tertiary/aromatic N) is 3. The summed E-state index contributed by atoms with van der Waals surface area (Å²) in [5.41, 5.74) is 3.54. The molecular formula is C23H26N4O3. The van der Waals surface area contributed by atoms with Gasteiger partial charge in [0.2, 0.25) is 0 Å². The minimum Gasteiger partial charge on any atom is -0.506 e. The molecule has 7 nitrogen and oxygen atoms in total. The molecule has 0 spiro atoms. The minimum atomic E-state index is -0.608. The van der Waals surface area contributed by atoms with Crippen molar-refractivity contribution < 1.29 is 9.90 Å². The zero-order valence-corrected chi connectivity index (χ0v) is 17.7. The molecule has 0 saturated heterocycles. The summed E-state index contributed by atoms with van der Waals surface area (Å²) in [6.07, 6.45) is 1.65. The van der Waals surface area contributed by atoms with Gasteiger partial charge in [0, 0.05) is 57.2 Å². The van der Waals surface area contributed by atoms with E-state index in [0.29, 0.717) is 17.6 Å². The van der Waals surface area contributed by atoms with Gasteiger partial charge in [-0.05, 0) is 54.8 Å². The smallest absolute Gasteiger partial charge is 0.267 e. The van der Waals surface area contributed by atoms with Crippen LogP contribution in [0.2, 0.25) is 0 Å². The van der Waals surface area contributed by atoms with Crippen molar-refractivity contribution in [2.75, 3.05) is 43.3 Å². The van der Waals surface area contributed by atoms with Crippen molar-refractivity contribution in [1.29, 1.82) is 0 Å². The lowest BCUT2D eigenvalue weighted by Gasteiger charge is -2.24. The van der Waals surface area contributed by atoms with Crippen molar-refractivity contribution in [3.63, 3.8) is 0 Å². The summed E-state index contributed by atoms with van der Waals surface area (Å²) in [6, 6.07) is 11.2. The Kier molecular flexibility index (Phi) is 4.89. The van der Waals surface area contributed by atoms with E-state index in [4.69, 9.17) is 0 Å². The third-order valence-corrected chi connectivity index (χ3v) is 5.61. The summed E-state index contributed by atoms with van der Waals surface area (Å²) in [7, 11) is 7.72. The number of nitrogens with one attached hydrogen (secondary N) is 1. The normalized spacial score (nSPS) is 12.7. The van der Waals surface area contributed by atoms with Crippen LogP contribution >= 0.6 is 0 Å². The molecule has 0 radical (unpaired) electrons. The predicted octanol–water partition coefficient (Wildman–Crippen LogP) is 3.04. The number of hydrogen-bond acceptors (Lipinski definition) is 5. The Morgan fingerprint density at radius 3 is 2.33 bits per heavy atom. The Balaban J connectivity index is 1.82. The van der Waals surface area contributed by atoms with Crippen molar-refractivity contribution in [2.45, 2.75) is 19.4 Å². The Bertz CT molecular complexity index is 1190. The van der Waals surface area contributed by atoms with E-state index in [2.05, 4.69) is 5.32 Å². The highest BCUT2D eigenvalue weighted by atomic mass is 16.3. The van der Waals surface area contributed by atoms with Crippen LogP contribution in [-0.4, -0.2) is 43.8 Å². The second-order valence-corrected chi connectivity index (χ2v) is 8.07. The van der Waals surface area contributed by atoms with E-state index < -0.39 is 11.5 Å². The molecule has 4 rings (SSSR count). The third-order valence-electron chi connectivity index (χ3n) is 5.61. The molecule has 0 aliphatic carbocycles. The van der Waals surface area contributed by atoms with Crippen LogP contribution in [0.5, 0.6) is 5.75 Å². The lowest BCUT2D eigenvalue weighted by molar-refractivity contribution is 0.102. The molecule has 156 valence electrons. The highest BCUT2D eigenvalue weighted by Crippen LogP contribution is 2.35. The average Bonchev–Trinajstić information content (AvgIpc) is 2.71. The lowest BCUT2D eigenvalue weighted by atomic mass is 9.97. The second kappa shape index (κ2) is 7.40. The molecule has 30 heavy (non-hydrogen) atoms. The molecule has 0 saturated carbocycles. The van der Waals surface area contributed by atoms with Gasteiger partial charge in [-0.1, -0.05) is 0 Å². The summed E-state index contributed by atoms with van der Waals surface area (Å²) in [5, 5.41) is 14.3. The quantitative estimate of drug-likeness (QED) is 0.696. The molecule has 0 bridgehead atoms. The predicted molar refractivity (Wildman–Crippen MR) is 121 cm³/mol. The maximum absolute atomic E-state index is 13.1. The molecule has 2 heterocycles. The Morgan fingerprint density at radius 1 is 1.03 bits per heavy atom. The van der Waals surface area contributed by atoms with Gasteiger partial charge in [0.15, 0.2) is 0 Å². The van der Waals surface area contributed by atoms with E-state index in [1.807, 2.05) is 62.3 Å². The molecule has 3 aromatic rings. The molecule has 2 aromatic carbocycles. The number of aromatic hydroxyl groups is 1. The molecular weight excluding hydrogens is 380 g/mol. The van der Waals surface area contributed by atoms with Crippen molar-refractivity contribution >= 4 is 33.9 Å². The number of benzene rings is 2. The van der Waals surface area contributed by atoms with E-state index in [0.717, 1.165) is 35.3 Å². The molecule has 1 aliphatic rings. The SMILES string of the molecule is CN(C)c1ccc(NC(=O)c2c(O)c3cc(N(C)C)cc4c3n(c2=O)CCC4)cc1. The van der Waals surface area contributed by atoms with Crippen LogP contribution in [0.4, 0.5) is 17.1 Å². The van der Waals surface area contributed by atoms with Crippen LogP contribution in [-0.2, 0) is 13.0 Å². The van der Waals surface area contributed by atoms with Crippen LogP contribution in [0.1, 0.15) is 22.3 Å². The standard InChI is InChI=1S/C23H26N4O3/c1-25(2)16-9-7-15(8-10-16)24-22(29)19-21(28)18-13-17(26(3)4)12-14-6-5-11-27(20(14)18)23(19)30/h7-10,12-13,28H,5-6,11H2,1-4H3,(H,24,29). The highest BCUT2D eigenvalue weighted by molar-refractivity contribution is 6.09. The highest BCUT2D eigenvalue weighted by Gasteiger charge is 2.26. The van der Waals surface area contributed by atoms with E-state index in [1.54, 1.807) is 16.7 Å². The molecule has 1 amide bonds. The van der Waals surface area contributed by atoms with Gasteiger partial charge in [0.05, 0.1) is 5.52 Å². The van der Waals surface area contributed by atoms with Gasteiger partial charge < -0.3 is 24.8 Å². The number of carbonyl (C=O) groups is 1. The van der Waals surface area contributed by atoms with E-state index in [9.17, 15) is 14.7 Å². The second-order valence-electron chi connectivity index (χ2n) is 8.07. The third kappa shape index (κ3) is 3.26. The fraction of sp³-hybridized carbons (Fsp3) is 0.304. The number of pyridine rings is 1. The fourth-order valence-corrected chi connectivity index (χ4v) is 3.98. The molecule has 0 fully saturated rings. The van der Waals surface area contributed by atoms with Gasteiger partial charge in [-0.2, -0.15) is 0 Å². The summed E-state index contributed by atoms with van der Waals surface area (Å²) in [5.74, 6) is -0.872. The van der Waals surface area contributed by atoms with Gasteiger partial charge in [0.1, 0.15) is 11.3 Å². The van der Waals surface area contributed by atoms with Gasteiger partial charge >= 0.3 is 0 Å². The summed E-state index contributed by atoms with van der Waals surface area (Å²) < 4.78 is 1.62. The van der Waals surface area contributed by atoms with Crippen molar-refractivity contribution in [3.05, 3.63) is 57.9 Å². The molecule has 1 aromatic heterocycles. The van der Waals surface area contributed by atoms with E-state index in [1.165, 1.54) is 0 Å². The maximum Gasteiger partial charge on any atom is 0.267 e. The molecule has 1 aliphatic heterocycles. The van der Waals surface area contributed by atoms with Gasteiger partial charge in [0.25, 0.3) is 11.5 Å². The zero-order valence-electron chi connectivity index (χ0n) is 17.7. The fourth-order valence-electron chi connectivity index (χ4n) is 3.98.